The molecule has 0 fully saturated rings. The van der Waals surface area contributed by atoms with Crippen LogP contribution < -0.4 is 0 Å². The van der Waals surface area contributed by atoms with E-state index in [-0.39, 0.29) is 17.8 Å². The highest BCUT2D eigenvalue weighted by atomic mass is 16.5. The van der Waals surface area contributed by atoms with Crippen LogP contribution in [0.1, 0.15) is 5.56 Å². The number of ketones is 1. The molecule has 0 saturated carbocycles. The summed E-state index contributed by atoms with van der Waals surface area (Å²) in [5, 5.41) is 0.955. The molecule has 2 aromatic rings. The SMILES string of the molecule is C=C(C(=O)Cc1cnc2ccccc2c1)C(=O)OC. The predicted molar refractivity (Wildman–Crippen MR) is 71.6 cm³/mol. The summed E-state index contributed by atoms with van der Waals surface area (Å²) < 4.78 is 4.47. The smallest absolute Gasteiger partial charge is 0.340 e. The van der Waals surface area contributed by atoms with E-state index in [9.17, 15) is 9.59 Å². The Morgan fingerprint density at radius 2 is 2.05 bits per heavy atom. The summed E-state index contributed by atoms with van der Waals surface area (Å²) in [6.45, 7) is 3.44. The standard InChI is InChI=1S/C15H13NO3/c1-10(15(18)19-2)14(17)8-11-7-12-5-3-4-6-13(12)16-9-11/h3-7,9H,1,8H2,2H3. The zero-order valence-corrected chi connectivity index (χ0v) is 10.6. The summed E-state index contributed by atoms with van der Waals surface area (Å²) in [4.78, 5) is 27.3. The third-order valence-corrected chi connectivity index (χ3v) is 2.78. The first kappa shape index (κ1) is 13.0. The minimum atomic E-state index is -0.696. The van der Waals surface area contributed by atoms with Gasteiger partial charge in [0.1, 0.15) is 0 Å². The van der Waals surface area contributed by atoms with E-state index in [1.165, 1.54) is 7.11 Å². The third kappa shape index (κ3) is 2.85. The number of methoxy groups -OCH3 is 1. The zero-order valence-electron chi connectivity index (χ0n) is 10.6. The molecule has 4 heteroatoms. The van der Waals surface area contributed by atoms with Gasteiger partial charge < -0.3 is 4.74 Å². The van der Waals surface area contributed by atoms with Crippen molar-refractivity contribution in [1.29, 1.82) is 0 Å². The first-order chi connectivity index (χ1) is 9.11. The highest BCUT2D eigenvalue weighted by molar-refractivity contribution is 6.17. The predicted octanol–water partition coefficient (Wildman–Crippen LogP) is 2.08. The van der Waals surface area contributed by atoms with Gasteiger partial charge in [0, 0.05) is 18.0 Å². The number of hydrogen-bond donors (Lipinski definition) is 0. The van der Waals surface area contributed by atoms with Crippen molar-refractivity contribution in [2.24, 2.45) is 0 Å². The molecule has 96 valence electrons. The molecule has 0 saturated heterocycles. The maximum atomic E-state index is 11.8. The van der Waals surface area contributed by atoms with E-state index in [2.05, 4.69) is 16.3 Å². The number of benzene rings is 1. The number of ether oxygens (including phenoxy) is 1. The summed E-state index contributed by atoms with van der Waals surface area (Å²) in [5.41, 5.74) is 1.47. The Balaban J connectivity index is 2.19. The highest BCUT2D eigenvalue weighted by Crippen LogP contribution is 2.14. The topological polar surface area (TPSA) is 56.3 Å². The average molecular weight is 255 g/mol. The van der Waals surface area contributed by atoms with Crippen LogP contribution in [0.4, 0.5) is 0 Å². The summed E-state index contributed by atoms with van der Waals surface area (Å²) in [7, 11) is 1.22. The van der Waals surface area contributed by atoms with Gasteiger partial charge in [-0.3, -0.25) is 9.78 Å². The second kappa shape index (κ2) is 5.44. The fraction of sp³-hybridized carbons (Fsp3) is 0.133. The lowest BCUT2D eigenvalue weighted by Crippen LogP contribution is -2.15. The molecule has 0 atom stereocenters. The molecular formula is C15H13NO3. The van der Waals surface area contributed by atoms with Crippen LogP contribution >= 0.6 is 0 Å². The maximum Gasteiger partial charge on any atom is 0.340 e. The zero-order chi connectivity index (χ0) is 13.8. The molecule has 0 aliphatic carbocycles. The lowest BCUT2D eigenvalue weighted by atomic mass is 10.0. The first-order valence-electron chi connectivity index (χ1n) is 5.76. The van der Waals surface area contributed by atoms with Crippen LogP contribution in [0.2, 0.25) is 0 Å². The number of carbonyl (C=O) groups excluding carboxylic acids is 2. The van der Waals surface area contributed by atoms with Crippen molar-refractivity contribution >= 4 is 22.7 Å². The Labute approximate surface area is 110 Å². The summed E-state index contributed by atoms with van der Waals surface area (Å²) in [6.07, 6.45) is 1.72. The van der Waals surface area contributed by atoms with E-state index in [1.807, 2.05) is 30.3 Å². The Hall–Kier alpha value is -2.49. The Kier molecular flexibility index (Phi) is 3.71. The van der Waals surface area contributed by atoms with Gasteiger partial charge in [0.15, 0.2) is 5.78 Å². The monoisotopic (exact) mass is 255 g/mol. The summed E-state index contributed by atoms with van der Waals surface area (Å²) >= 11 is 0. The van der Waals surface area contributed by atoms with Crippen molar-refractivity contribution < 1.29 is 14.3 Å². The van der Waals surface area contributed by atoms with Gasteiger partial charge in [-0.25, -0.2) is 4.79 Å². The van der Waals surface area contributed by atoms with E-state index in [0.29, 0.717) is 0 Å². The van der Waals surface area contributed by atoms with Crippen LogP contribution in [0.5, 0.6) is 0 Å². The summed E-state index contributed by atoms with van der Waals surface area (Å²) in [6, 6.07) is 9.51. The van der Waals surface area contributed by atoms with Gasteiger partial charge in [-0.05, 0) is 17.7 Å². The minimum Gasteiger partial charge on any atom is -0.465 e. The fourth-order valence-corrected chi connectivity index (χ4v) is 1.74. The number of pyridine rings is 1. The molecule has 0 amide bonds. The van der Waals surface area contributed by atoms with Gasteiger partial charge in [0.25, 0.3) is 0 Å². The van der Waals surface area contributed by atoms with Crippen molar-refractivity contribution in [1.82, 2.24) is 4.98 Å². The lowest BCUT2D eigenvalue weighted by Gasteiger charge is -2.04. The molecule has 0 N–H and O–H groups in total. The number of fused-ring (bicyclic) bond motifs is 1. The van der Waals surface area contributed by atoms with Gasteiger partial charge in [-0.15, -0.1) is 0 Å². The number of para-hydroxylation sites is 1. The number of hydrogen-bond acceptors (Lipinski definition) is 4. The van der Waals surface area contributed by atoms with E-state index < -0.39 is 5.97 Å². The van der Waals surface area contributed by atoms with Crippen LogP contribution in [-0.4, -0.2) is 23.8 Å². The fourth-order valence-electron chi connectivity index (χ4n) is 1.74. The molecule has 0 bridgehead atoms. The van der Waals surface area contributed by atoms with Crippen molar-refractivity contribution in [3.05, 3.63) is 54.2 Å². The maximum absolute atomic E-state index is 11.8. The van der Waals surface area contributed by atoms with Crippen molar-refractivity contribution in [3.63, 3.8) is 0 Å². The van der Waals surface area contributed by atoms with E-state index in [0.717, 1.165) is 16.5 Å². The molecule has 0 unspecified atom stereocenters. The second-order valence-corrected chi connectivity index (χ2v) is 4.11. The van der Waals surface area contributed by atoms with Crippen molar-refractivity contribution in [2.75, 3.05) is 7.11 Å². The quantitative estimate of drug-likeness (QED) is 0.363. The lowest BCUT2D eigenvalue weighted by molar-refractivity contribution is -0.137. The molecular weight excluding hydrogens is 242 g/mol. The molecule has 1 aromatic carbocycles. The Morgan fingerprint density at radius 3 is 2.79 bits per heavy atom. The van der Waals surface area contributed by atoms with Crippen LogP contribution in [0, 0.1) is 0 Å². The molecule has 0 aliphatic rings. The van der Waals surface area contributed by atoms with Gasteiger partial charge in [0.2, 0.25) is 0 Å². The molecule has 0 aliphatic heterocycles. The second-order valence-electron chi connectivity index (χ2n) is 4.11. The molecule has 0 radical (unpaired) electrons. The van der Waals surface area contributed by atoms with E-state index in [4.69, 9.17) is 0 Å². The van der Waals surface area contributed by atoms with Crippen molar-refractivity contribution in [3.8, 4) is 0 Å². The molecule has 0 spiro atoms. The average Bonchev–Trinajstić information content (AvgIpc) is 2.45. The van der Waals surface area contributed by atoms with Crippen molar-refractivity contribution in [2.45, 2.75) is 6.42 Å². The van der Waals surface area contributed by atoms with Crippen LogP contribution in [0.15, 0.2) is 48.7 Å². The van der Waals surface area contributed by atoms with Gasteiger partial charge in [-0.2, -0.15) is 0 Å². The molecule has 2 rings (SSSR count). The molecule has 1 heterocycles. The number of esters is 1. The molecule has 4 nitrogen and oxygen atoms in total. The van der Waals surface area contributed by atoms with Crippen LogP contribution in [0.25, 0.3) is 10.9 Å². The van der Waals surface area contributed by atoms with Gasteiger partial charge in [-0.1, -0.05) is 24.8 Å². The minimum absolute atomic E-state index is 0.0891. The molecule has 1 aromatic heterocycles. The number of rotatable bonds is 4. The highest BCUT2D eigenvalue weighted by Gasteiger charge is 2.16. The summed E-state index contributed by atoms with van der Waals surface area (Å²) in [5.74, 6) is -1.05. The Bertz CT molecular complexity index is 661. The van der Waals surface area contributed by atoms with E-state index >= 15 is 0 Å². The third-order valence-electron chi connectivity index (χ3n) is 2.78. The number of nitrogens with zero attached hydrogens (tertiary/aromatic N) is 1. The van der Waals surface area contributed by atoms with Crippen LogP contribution in [-0.2, 0) is 20.7 Å². The number of carbonyl (C=O) groups is 2. The number of aromatic nitrogens is 1. The van der Waals surface area contributed by atoms with Gasteiger partial charge >= 0.3 is 5.97 Å². The molecule has 19 heavy (non-hydrogen) atoms. The van der Waals surface area contributed by atoms with Gasteiger partial charge in [0.05, 0.1) is 18.2 Å². The Morgan fingerprint density at radius 1 is 1.32 bits per heavy atom. The largest absolute Gasteiger partial charge is 0.465 e. The normalized spacial score (nSPS) is 10.2. The van der Waals surface area contributed by atoms with E-state index in [1.54, 1.807) is 6.20 Å². The number of Topliss-reactive ketones (excluding diaryl/α,β-unsaturated/α-hetero) is 1. The van der Waals surface area contributed by atoms with Crippen LogP contribution in [0.3, 0.4) is 0 Å². The first-order valence-corrected chi connectivity index (χ1v) is 5.76.